The number of hydrogen-bond acceptors (Lipinski definition) is 2. The molecule has 20 heavy (non-hydrogen) atoms. The lowest BCUT2D eigenvalue weighted by Gasteiger charge is -2.35. The van der Waals surface area contributed by atoms with E-state index in [1.165, 1.54) is 5.56 Å². The van der Waals surface area contributed by atoms with Crippen molar-refractivity contribution in [2.24, 2.45) is 0 Å². The number of nitrogens with one attached hydrogen (secondary N) is 1. The smallest absolute Gasteiger partial charge is 0.317 e. The summed E-state index contributed by atoms with van der Waals surface area (Å²) in [4.78, 5) is 16.1. The average molecular weight is 296 g/mol. The van der Waals surface area contributed by atoms with E-state index in [0.29, 0.717) is 0 Å². The van der Waals surface area contributed by atoms with E-state index in [2.05, 4.69) is 22.3 Å². The first-order valence-corrected chi connectivity index (χ1v) is 7.44. The first-order valence-electron chi connectivity index (χ1n) is 7.07. The monoisotopic (exact) mass is 295 g/mol. The van der Waals surface area contributed by atoms with Crippen LogP contribution in [0.2, 0.25) is 5.02 Å². The topological polar surface area (TPSA) is 35.6 Å². The van der Waals surface area contributed by atoms with E-state index in [4.69, 9.17) is 11.6 Å². The van der Waals surface area contributed by atoms with E-state index in [1.807, 2.05) is 30.9 Å². The van der Waals surface area contributed by atoms with Gasteiger partial charge in [0.15, 0.2) is 0 Å². The number of nitrogens with zero attached hydrogens (tertiary/aromatic N) is 2. The Balaban J connectivity index is 1.79. The van der Waals surface area contributed by atoms with Crippen LogP contribution in [0, 0.1) is 0 Å². The minimum Gasteiger partial charge on any atom is -0.336 e. The predicted molar refractivity (Wildman–Crippen MR) is 82.0 cm³/mol. The van der Waals surface area contributed by atoms with Crippen LogP contribution in [0.4, 0.5) is 4.79 Å². The summed E-state index contributed by atoms with van der Waals surface area (Å²) in [6.07, 6.45) is 0. The Kier molecular flexibility index (Phi) is 5.26. The molecule has 0 spiro atoms. The van der Waals surface area contributed by atoms with Crippen LogP contribution >= 0.6 is 11.6 Å². The number of amides is 2. The van der Waals surface area contributed by atoms with Crippen molar-refractivity contribution < 1.29 is 4.79 Å². The lowest BCUT2D eigenvalue weighted by Crippen LogP contribution is -2.52. The lowest BCUT2D eigenvalue weighted by atomic mass is 10.2. The Hall–Kier alpha value is -1.26. The van der Waals surface area contributed by atoms with E-state index in [1.54, 1.807) is 0 Å². The molecular formula is C15H22ClN3O. The zero-order chi connectivity index (χ0) is 14.5. The van der Waals surface area contributed by atoms with Gasteiger partial charge < -0.3 is 10.2 Å². The summed E-state index contributed by atoms with van der Waals surface area (Å²) in [5.74, 6) is 0. The number of urea groups is 1. The number of hydrogen-bond donors (Lipinski definition) is 1. The van der Waals surface area contributed by atoms with Crippen LogP contribution in [-0.4, -0.2) is 48.1 Å². The summed E-state index contributed by atoms with van der Waals surface area (Å²) in [6.45, 7) is 8.26. The van der Waals surface area contributed by atoms with Gasteiger partial charge in [-0.15, -0.1) is 0 Å². The van der Waals surface area contributed by atoms with E-state index >= 15 is 0 Å². The maximum Gasteiger partial charge on any atom is 0.317 e. The summed E-state index contributed by atoms with van der Waals surface area (Å²) < 4.78 is 0. The molecule has 0 aromatic heterocycles. The minimum absolute atomic E-state index is 0.0474. The maximum absolute atomic E-state index is 11.9. The molecule has 0 saturated carbocycles. The fourth-order valence-electron chi connectivity index (χ4n) is 2.30. The second kappa shape index (κ2) is 6.95. The lowest BCUT2D eigenvalue weighted by molar-refractivity contribution is 0.134. The fraction of sp³-hybridized carbons (Fsp3) is 0.533. The molecule has 1 fully saturated rings. The maximum atomic E-state index is 11.9. The van der Waals surface area contributed by atoms with Crippen LogP contribution in [0.3, 0.4) is 0 Å². The van der Waals surface area contributed by atoms with Gasteiger partial charge in [0.2, 0.25) is 0 Å². The van der Waals surface area contributed by atoms with Gasteiger partial charge in [-0.1, -0.05) is 23.7 Å². The van der Waals surface area contributed by atoms with Crippen molar-refractivity contribution in [3.63, 3.8) is 0 Å². The number of rotatable bonds is 3. The van der Waals surface area contributed by atoms with Crippen molar-refractivity contribution in [1.82, 2.24) is 15.1 Å². The van der Waals surface area contributed by atoms with Gasteiger partial charge in [0.05, 0.1) is 0 Å². The van der Waals surface area contributed by atoms with Crippen molar-refractivity contribution in [3.05, 3.63) is 34.9 Å². The minimum atomic E-state index is 0.0474. The molecular weight excluding hydrogens is 274 g/mol. The standard InChI is InChI=1S/C15H22ClN3O/c1-12(2)17-15(20)19-9-7-18(8-10-19)11-13-3-5-14(16)6-4-13/h3-6,12H,7-11H2,1-2H3,(H,17,20). The molecule has 2 amide bonds. The highest BCUT2D eigenvalue weighted by Crippen LogP contribution is 2.13. The van der Waals surface area contributed by atoms with Crippen LogP contribution in [0.5, 0.6) is 0 Å². The molecule has 1 aromatic rings. The SMILES string of the molecule is CC(C)NC(=O)N1CCN(Cc2ccc(Cl)cc2)CC1. The summed E-state index contributed by atoms with van der Waals surface area (Å²) in [6, 6.07) is 8.19. The van der Waals surface area contributed by atoms with E-state index in [9.17, 15) is 4.79 Å². The van der Waals surface area contributed by atoms with Gasteiger partial charge >= 0.3 is 6.03 Å². The summed E-state index contributed by atoms with van der Waals surface area (Å²) >= 11 is 5.89. The Morgan fingerprint density at radius 2 is 1.80 bits per heavy atom. The van der Waals surface area contributed by atoms with Crippen molar-refractivity contribution in [3.8, 4) is 0 Å². The molecule has 0 bridgehead atoms. The molecule has 1 aromatic carbocycles. The molecule has 1 N–H and O–H groups in total. The third-order valence-corrected chi connectivity index (χ3v) is 3.64. The predicted octanol–water partition coefficient (Wildman–Crippen LogP) is 2.58. The van der Waals surface area contributed by atoms with E-state index in [-0.39, 0.29) is 12.1 Å². The zero-order valence-electron chi connectivity index (χ0n) is 12.1. The van der Waals surface area contributed by atoms with Crippen molar-refractivity contribution in [1.29, 1.82) is 0 Å². The molecule has 0 radical (unpaired) electrons. The molecule has 1 aliphatic rings. The highest BCUT2D eigenvalue weighted by Gasteiger charge is 2.21. The van der Waals surface area contributed by atoms with Gasteiger partial charge in [0.25, 0.3) is 0 Å². The highest BCUT2D eigenvalue weighted by atomic mass is 35.5. The van der Waals surface area contributed by atoms with Crippen molar-refractivity contribution in [2.75, 3.05) is 26.2 Å². The molecule has 4 nitrogen and oxygen atoms in total. The van der Waals surface area contributed by atoms with Gasteiger partial charge in [-0.05, 0) is 31.5 Å². The zero-order valence-corrected chi connectivity index (χ0v) is 12.9. The Labute approximate surface area is 125 Å². The van der Waals surface area contributed by atoms with Gasteiger partial charge in [-0.3, -0.25) is 4.90 Å². The van der Waals surface area contributed by atoms with Crippen LogP contribution in [0.25, 0.3) is 0 Å². The average Bonchev–Trinajstić information content (AvgIpc) is 2.41. The first-order chi connectivity index (χ1) is 9.54. The molecule has 5 heteroatoms. The Morgan fingerprint density at radius 1 is 1.20 bits per heavy atom. The number of piperazine rings is 1. The molecule has 1 aliphatic heterocycles. The molecule has 0 unspecified atom stereocenters. The third kappa shape index (κ3) is 4.39. The van der Waals surface area contributed by atoms with Gasteiger partial charge in [0.1, 0.15) is 0 Å². The quantitative estimate of drug-likeness (QED) is 0.930. The number of halogens is 1. The summed E-state index contributed by atoms with van der Waals surface area (Å²) in [7, 11) is 0. The molecule has 0 atom stereocenters. The summed E-state index contributed by atoms with van der Waals surface area (Å²) in [5, 5.41) is 3.70. The summed E-state index contributed by atoms with van der Waals surface area (Å²) in [5.41, 5.74) is 1.26. The fourth-order valence-corrected chi connectivity index (χ4v) is 2.42. The van der Waals surface area contributed by atoms with Crippen molar-refractivity contribution in [2.45, 2.75) is 26.4 Å². The van der Waals surface area contributed by atoms with Crippen molar-refractivity contribution >= 4 is 17.6 Å². The van der Waals surface area contributed by atoms with Gasteiger partial charge in [-0.25, -0.2) is 4.79 Å². The second-order valence-electron chi connectivity index (χ2n) is 5.49. The Bertz CT molecular complexity index is 439. The largest absolute Gasteiger partial charge is 0.336 e. The molecule has 0 aliphatic carbocycles. The number of benzene rings is 1. The Morgan fingerprint density at radius 3 is 2.35 bits per heavy atom. The third-order valence-electron chi connectivity index (χ3n) is 3.39. The molecule has 1 heterocycles. The van der Waals surface area contributed by atoms with E-state index < -0.39 is 0 Å². The van der Waals surface area contributed by atoms with Crippen LogP contribution in [-0.2, 0) is 6.54 Å². The number of carbonyl (C=O) groups is 1. The van der Waals surface area contributed by atoms with Crippen LogP contribution < -0.4 is 5.32 Å². The first kappa shape index (κ1) is 15.1. The molecule has 1 saturated heterocycles. The second-order valence-corrected chi connectivity index (χ2v) is 5.93. The van der Waals surface area contributed by atoms with Gasteiger partial charge in [0, 0.05) is 43.8 Å². The van der Waals surface area contributed by atoms with Crippen LogP contribution in [0.15, 0.2) is 24.3 Å². The van der Waals surface area contributed by atoms with Gasteiger partial charge in [-0.2, -0.15) is 0 Å². The van der Waals surface area contributed by atoms with Crippen LogP contribution in [0.1, 0.15) is 19.4 Å². The molecule has 110 valence electrons. The van der Waals surface area contributed by atoms with E-state index in [0.717, 1.165) is 37.7 Å². The normalized spacial score (nSPS) is 16.5. The number of carbonyl (C=O) groups excluding carboxylic acids is 1. The highest BCUT2D eigenvalue weighted by molar-refractivity contribution is 6.30. The molecule has 2 rings (SSSR count).